The molecule has 0 aliphatic carbocycles. The molecule has 3 aliphatic rings. The van der Waals surface area contributed by atoms with E-state index in [1.807, 2.05) is 17.2 Å². The highest BCUT2D eigenvalue weighted by atomic mass is 19.4. The Balaban J connectivity index is 0.000000339. The second-order valence-corrected chi connectivity index (χ2v) is 8.51. The molecule has 31 heavy (non-hydrogen) atoms. The summed E-state index contributed by atoms with van der Waals surface area (Å²) in [6, 6.07) is 2.48. The fourth-order valence-corrected chi connectivity index (χ4v) is 4.44. The number of carbonyl (C=O) groups excluding carboxylic acids is 1. The van der Waals surface area contributed by atoms with Crippen molar-refractivity contribution in [2.75, 3.05) is 19.6 Å². The molecule has 0 aromatic carbocycles. The highest BCUT2D eigenvalue weighted by Gasteiger charge is 2.42. The molecule has 1 N–H and O–H groups in total. The lowest BCUT2D eigenvalue weighted by atomic mass is 9.96. The molecule has 0 bridgehead atoms. The van der Waals surface area contributed by atoms with E-state index in [0.717, 1.165) is 64.2 Å². The number of aliphatic carboxylic acids is 1. The number of furan rings is 1. The summed E-state index contributed by atoms with van der Waals surface area (Å²) in [4.78, 5) is 26.2. The molecular formula is C21H29F3N2O5. The van der Waals surface area contributed by atoms with E-state index in [2.05, 4.69) is 11.8 Å². The van der Waals surface area contributed by atoms with E-state index >= 15 is 0 Å². The smallest absolute Gasteiger partial charge is 0.475 e. The Morgan fingerprint density at radius 2 is 1.81 bits per heavy atom. The number of ether oxygens (including phenoxy) is 1. The van der Waals surface area contributed by atoms with E-state index in [-0.39, 0.29) is 18.1 Å². The van der Waals surface area contributed by atoms with Crippen molar-refractivity contribution in [2.24, 2.45) is 5.92 Å². The third-order valence-electron chi connectivity index (χ3n) is 6.24. The van der Waals surface area contributed by atoms with Crippen molar-refractivity contribution >= 4 is 11.9 Å². The summed E-state index contributed by atoms with van der Waals surface area (Å²) in [5.41, 5.74) is 1.22. The number of carbonyl (C=O) groups is 2. The summed E-state index contributed by atoms with van der Waals surface area (Å²) in [5.74, 6) is -1.78. The van der Waals surface area contributed by atoms with Crippen molar-refractivity contribution in [1.82, 2.24) is 9.80 Å². The molecule has 4 heterocycles. The Hall–Kier alpha value is -2.07. The van der Waals surface area contributed by atoms with Crippen molar-refractivity contribution in [3.8, 4) is 0 Å². The molecule has 3 saturated heterocycles. The zero-order chi connectivity index (χ0) is 22.6. The van der Waals surface area contributed by atoms with Gasteiger partial charge in [0.1, 0.15) is 6.10 Å². The zero-order valence-electron chi connectivity index (χ0n) is 17.5. The number of amides is 1. The first-order valence-electron chi connectivity index (χ1n) is 10.6. The lowest BCUT2D eigenvalue weighted by Gasteiger charge is -2.38. The monoisotopic (exact) mass is 446 g/mol. The second-order valence-electron chi connectivity index (χ2n) is 8.51. The van der Waals surface area contributed by atoms with Crippen molar-refractivity contribution in [1.29, 1.82) is 0 Å². The molecule has 10 heteroatoms. The maximum Gasteiger partial charge on any atom is 0.490 e. The van der Waals surface area contributed by atoms with Gasteiger partial charge in [-0.05, 0) is 44.1 Å². The Kier molecular flexibility index (Phi) is 7.64. The number of piperidine rings is 1. The topological polar surface area (TPSA) is 83.2 Å². The SMILES string of the molecule is CC1CCN(C(=O)[C@H]2CC[C@@H]3[C@@H](CCN3Cc3ccoc3)O2)CC1.O=C(O)C(F)(F)F. The second kappa shape index (κ2) is 10.0. The molecule has 1 aromatic rings. The van der Waals surface area contributed by atoms with Crippen molar-refractivity contribution in [3.05, 3.63) is 24.2 Å². The minimum absolute atomic E-state index is 0.211. The number of carboxylic acid groups (broad SMARTS) is 1. The van der Waals surface area contributed by atoms with Crippen molar-refractivity contribution in [2.45, 2.75) is 70.0 Å². The molecule has 0 radical (unpaired) electrons. The van der Waals surface area contributed by atoms with Crippen LogP contribution in [0.25, 0.3) is 0 Å². The lowest BCUT2D eigenvalue weighted by molar-refractivity contribution is -0.192. The first-order valence-corrected chi connectivity index (χ1v) is 10.6. The minimum Gasteiger partial charge on any atom is -0.475 e. The molecule has 0 spiro atoms. The molecule has 174 valence electrons. The Morgan fingerprint density at radius 3 is 2.39 bits per heavy atom. The van der Waals surface area contributed by atoms with Gasteiger partial charge in [-0.15, -0.1) is 0 Å². The normalized spacial score (nSPS) is 27.4. The fourth-order valence-electron chi connectivity index (χ4n) is 4.44. The first kappa shape index (κ1) is 23.6. The number of halogens is 3. The van der Waals surface area contributed by atoms with Crippen molar-refractivity contribution in [3.63, 3.8) is 0 Å². The van der Waals surface area contributed by atoms with Gasteiger partial charge in [-0.3, -0.25) is 9.69 Å². The van der Waals surface area contributed by atoms with Gasteiger partial charge in [0, 0.05) is 37.8 Å². The van der Waals surface area contributed by atoms with Gasteiger partial charge in [0.25, 0.3) is 5.91 Å². The average molecular weight is 446 g/mol. The van der Waals surface area contributed by atoms with Gasteiger partial charge in [0.2, 0.25) is 0 Å². The van der Waals surface area contributed by atoms with Crippen LogP contribution >= 0.6 is 0 Å². The third-order valence-corrected chi connectivity index (χ3v) is 6.24. The molecule has 0 saturated carbocycles. The maximum absolute atomic E-state index is 12.8. The molecule has 1 amide bonds. The molecule has 0 unspecified atom stereocenters. The van der Waals surface area contributed by atoms with Gasteiger partial charge in [-0.25, -0.2) is 4.79 Å². The Morgan fingerprint density at radius 1 is 1.13 bits per heavy atom. The summed E-state index contributed by atoms with van der Waals surface area (Å²) in [6.07, 6.45) is 3.67. The van der Waals surface area contributed by atoms with E-state index in [1.165, 1.54) is 5.56 Å². The molecule has 1 aromatic heterocycles. The molecule has 3 atom stereocenters. The first-order chi connectivity index (χ1) is 14.6. The van der Waals surface area contributed by atoms with Gasteiger partial charge in [0.05, 0.1) is 18.6 Å². The number of rotatable bonds is 3. The standard InChI is InChI=1S/C19H28N2O3.C2HF3O2/c1-14-4-8-20(9-5-14)19(22)18-3-2-16-17(24-18)6-10-21(16)12-15-7-11-23-13-15;3-2(4,5)1(6)7/h7,11,13-14,16-18H,2-6,8-10,12H2,1H3;(H,6,7)/t16-,17-,18-;/m1./s1. The van der Waals surface area contributed by atoms with Crippen LogP contribution in [0.5, 0.6) is 0 Å². The third kappa shape index (κ3) is 6.22. The van der Waals surface area contributed by atoms with E-state index in [0.29, 0.717) is 6.04 Å². The van der Waals surface area contributed by atoms with E-state index in [1.54, 1.807) is 6.26 Å². The Labute approximate surface area is 179 Å². The minimum atomic E-state index is -5.08. The lowest BCUT2D eigenvalue weighted by Crippen LogP contribution is -2.50. The predicted octanol–water partition coefficient (Wildman–Crippen LogP) is 3.29. The number of hydrogen-bond acceptors (Lipinski definition) is 5. The number of alkyl halides is 3. The summed E-state index contributed by atoms with van der Waals surface area (Å²) in [7, 11) is 0. The van der Waals surface area contributed by atoms with Crippen LogP contribution in [0, 0.1) is 5.92 Å². The highest BCUT2D eigenvalue weighted by molar-refractivity contribution is 5.81. The van der Waals surface area contributed by atoms with Gasteiger partial charge in [-0.1, -0.05) is 6.92 Å². The zero-order valence-corrected chi connectivity index (χ0v) is 17.5. The quantitative estimate of drug-likeness (QED) is 0.767. The largest absolute Gasteiger partial charge is 0.490 e. The van der Waals surface area contributed by atoms with Gasteiger partial charge >= 0.3 is 12.1 Å². The van der Waals surface area contributed by atoms with E-state index in [9.17, 15) is 18.0 Å². The Bertz CT molecular complexity index is 732. The maximum atomic E-state index is 12.8. The summed E-state index contributed by atoms with van der Waals surface area (Å²) in [5, 5.41) is 7.12. The van der Waals surface area contributed by atoms with E-state index in [4.69, 9.17) is 19.1 Å². The summed E-state index contributed by atoms with van der Waals surface area (Å²) in [6.45, 7) is 6.05. The van der Waals surface area contributed by atoms with Gasteiger partial charge in [0.15, 0.2) is 0 Å². The molecule has 3 fully saturated rings. The van der Waals surface area contributed by atoms with Crippen LogP contribution in [0.2, 0.25) is 0 Å². The van der Waals surface area contributed by atoms with Crippen LogP contribution in [-0.4, -0.2) is 70.8 Å². The molecule has 4 rings (SSSR count). The molecular weight excluding hydrogens is 417 g/mol. The molecule has 7 nitrogen and oxygen atoms in total. The number of likely N-dealkylation sites (tertiary alicyclic amines) is 2. The number of hydrogen-bond donors (Lipinski definition) is 1. The van der Waals surface area contributed by atoms with Crippen LogP contribution in [-0.2, 0) is 20.9 Å². The van der Waals surface area contributed by atoms with Crippen LogP contribution in [0.4, 0.5) is 13.2 Å². The summed E-state index contributed by atoms with van der Waals surface area (Å²) < 4.78 is 43.2. The van der Waals surface area contributed by atoms with Crippen LogP contribution < -0.4 is 0 Å². The number of nitrogens with zero attached hydrogens (tertiary/aromatic N) is 2. The predicted molar refractivity (Wildman–Crippen MR) is 104 cm³/mol. The van der Waals surface area contributed by atoms with Crippen LogP contribution in [0.3, 0.4) is 0 Å². The van der Waals surface area contributed by atoms with Crippen LogP contribution in [0.1, 0.15) is 44.6 Å². The highest BCUT2D eigenvalue weighted by Crippen LogP contribution is 2.33. The van der Waals surface area contributed by atoms with E-state index < -0.39 is 12.1 Å². The molecule has 3 aliphatic heterocycles. The number of fused-ring (bicyclic) bond motifs is 1. The number of carboxylic acids is 1. The van der Waals surface area contributed by atoms with Crippen LogP contribution in [0.15, 0.2) is 23.0 Å². The summed E-state index contributed by atoms with van der Waals surface area (Å²) >= 11 is 0. The fraction of sp³-hybridized carbons (Fsp3) is 0.714. The van der Waals surface area contributed by atoms with Crippen molar-refractivity contribution < 1.29 is 37.0 Å². The average Bonchev–Trinajstić information content (AvgIpc) is 3.38. The van der Waals surface area contributed by atoms with Gasteiger partial charge < -0.3 is 19.2 Å². The van der Waals surface area contributed by atoms with Gasteiger partial charge in [-0.2, -0.15) is 13.2 Å².